The Bertz CT molecular complexity index is 212. The molecule has 0 aromatic rings. The zero-order chi connectivity index (χ0) is 11.3. The fourth-order valence-corrected chi connectivity index (χ4v) is 1.46. The van der Waals surface area contributed by atoms with E-state index in [1.807, 2.05) is 0 Å². The topological polar surface area (TPSA) is 38.3 Å². The highest BCUT2D eigenvalue weighted by Gasteiger charge is 2.28. The third kappa shape index (κ3) is 5.61. The van der Waals surface area contributed by atoms with Crippen LogP contribution in [0, 0.1) is 0 Å². The van der Waals surface area contributed by atoms with Crippen LogP contribution >= 0.6 is 0 Å². The third-order valence-corrected chi connectivity index (χ3v) is 2.28. The van der Waals surface area contributed by atoms with Crippen molar-refractivity contribution >= 4 is 5.91 Å². The predicted molar refractivity (Wildman–Crippen MR) is 46.8 cm³/mol. The first-order chi connectivity index (χ1) is 6.97. The summed E-state index contributed by atoms with van der Waals surface area (Å²) in [5, 5.41) is 0. The molecule has 0 heterocycles. The van der Waals surface area contributed by atoms with Crippen LogP contribution in [0.2, 0.25) is 0 Å². The highest BCUT2D eigenvalue weighted by Crippen LogP contribution is 2.22. The summed E-state index contributed by atoms with van der Waals surface area (Å²) in [5.74, 6) is -0.709. The number of hydroxylamine groups is 1. The van der Waals surface area contributed by atoms with Gasteiger partial charge in [-0.25, -0.2) is 5.48 Å². The van der Waals surface area contributed by atoms with E-state index in [2.05, 4.69) is 5.48 Å². The smallest absolute Gasteiger partial charge is 0.273 e. The van der Waals surface area contributed by atoms with E-state index in [0.717, 1.165) is 25.7 Å². The maximum Gasteiger partial charge on any atom is 0.389 e. The fraction of sp³-hybridized carbons (Fsp3) is 0.889. The third-order valence-electron chi connectivity index (χ3n) is 2.28. The molecular formula is C9H14F3NO2. The zero-order valence-electron chi connectivity index (χ0n) is 8.27. The number of amides is 1. The van der Waals surface area contributed by atoms with Gasteiger partial charge in [0.05, 0.1) is 12.5 Å². The summed E-state index contributed by atoms with van der Waals surface area (Å²) >= 11 is 0. The Morgan fingerprint density at radius 3 is 2.47 bits per heavy atom. The van der Waals surface area contributed by atoms with Crippen LogP contribution in [-0.2, 0) is 9.63 Å². The van der Waals surface area contributed by atoms with Crippen LogP contribution in [0.4, 0.5) is 13.2 Å². The van der Waals surface area contributed by atoms with Gasteiger partial charge in [0.15, 0.2) is 0 Å². The summed E-state index contributed by atoms with van der Waals surface area (Å²) in [4.78, 5) is 15.9. The Morgan fingerprint density at radius 1 is 1.33 bits per heavy atom. The van der Waals surface area contributed by atoms with Crippen LogP contribution < -0.4 is 5.48 Å². The van der Waals surface area contributed by atoms with Crippen molar-refractivity contribution in [1.29, 1.82) is 0 Å². The molecule has 1 amide bonds. The Morgan fingerprint density at radius 2 is 1.93 bits per heavy atom. The molecule has 1 N–H and O–H groups in total. The van der Waals surface area contributed by atoms with Crippen molar-refractivity contribution in [2.75, 3.05) is 0 Å². The summed E-state index contributed by atoms with van der Waals surface area (Å²) in [6, 6.07) is 0. The summed E-state index contributed by atoms with van der Waals surface area (Å²) < 4.78 is 35.2. The second kappa shape index (κ2) is 5.34. The van der Waals surface area contributed by atoms with Gasteiger partial charge in [0, 0.05) is 6.42 Å². The van der Waals surface area contributed by atoms with Gasteiger partial charge in [-0.05, 0) is 12.8 Å². The lowest BCUT2D eigenvalue weighted by atomic mass is 10.3. The molecule has 0 aromatic carbocycles. The van der Waals surface area contributed by atoms with E-state index in [-0.39, 0.29) is 6.10 Å². The second-order valence-electron chi connectivity index (χ2n) is 3.66. The Hall–Kier alpha value is -0.780. The number of carbonyl (C=O) groups is 1. The van der Waals surface area contributed by atoms with Gasteiger partial charge in [-0.15, -0.1) is 0 Å². The van der Waals surface area contributed by atoms with E-state index in [1.54, 1.807) is 0 Å². The molecule has 15 heavy (non-hydrogen) atoms. The standard InChI is InChI=1S/C9H14F3NO2/c10-9(11,12)6-5-8(14)13-15-7-3-1-2-4-7/h7H,1-6H2,(H,13,14). The van der Waals surface area contributed by atoms with Crippen LogP contribution in [-0.4, -0.2) is 18.2 Å². The molecule has 0 saturated heterocycles. The molecule has 88 valence electrons. The Labute approximate surface area is 85.9 Å². The first-order valence-electron chi connectivity index (χ1n) is 4.98. The lowest BCUT2D eigenvalue weighted by Crippen LogP contribution is -2.29. The van der Waals surface area contributed by atoms with Crippen molar-refractivity contribution in [2.45, 2.75) is 50.8 Å². The quantitative estimate of drug-likeness (QED) is 0.745. The van der Waals surface area contributed by atoms with E-state index >= 15 is 0 Å². The minimum Gasteiger partial charge on any atom is -0.273 e. The van der Waals surface area contributed by atoms with Gasteiger partial charge in [0.1, 0.15) is 0 Å². The predicted octanol–water partition coefficient (Wildman–Crippen LogP) is 2.32. The van der Waals surface area contributed by atoms with Gasteiger partial charge >= 0.3 is 6.18 Å². The molecule has 0 atom stereocenters. The molecule has 3 nitrogen and oxygen atoms in total. The molecular weight excluding hydrogens is 211 g/mol. The maximum atomic E-state index is 11.7. The molecule has 0 unspecified atom stereocenters. The van der Waals surface area contributed by atoms with Crippen LogP contribution in [0.5, 0.6) is 0 Å². The minimum absolute atomic E-state index is 0.0279. The van der Waals surface area contributed by atoms with Gasteiger partial charge in [0.2, 0.25) is 5.91 Å². The molecule has 0 aromatic heterocycles. The Kier molecular flexibility index (Phi) is 4.38. The van der Waals surface area contributed by atoms with E-state index in [1.165, 1.54) is 0 Å². The van der Waals surface area contributed by atoms with Crippen molar-refractivity contribution in [3.05, 3.63) is 0 Å². The fourth-order valence-electron chi connectivity index (χ4n) is 1.46. The summed E-state index contributed by atoms with van der Waals surface area (Å²) in [5.41, 5.74) is 2.06. The first kappa shape index (κ1) is 12.3. The van der Waals surface area contributed by atoms with Crippen molar-refractivity contribution in [2.24, 2.45) is 0 Å². The van der Waals surface area contributed by atoms with E-state index in [9.17, 15) is 18.0 Å². The Balaban J connectivity index is 2.08. The minimum atomic E-state index is -4.29. The molecule has 1 fully saturated rings. The van der Waals surface area contributed by atoms with E-state index < -0.39 is 24.9 Å². The van der Waals surface area contributed by atoms with Gasteiger partial charge in [-0.1, -0.05) is 12.8 Å². The zero-order valence-corrected chi connectivity index (χ0v) is 8.27. The molecule has 1 saturated carbocycles. The number of rotatable bonds is 4. The molecule has 1 aliphatic rings. The summed E-state index contributed by atoms with van der Waals surface area (Å²) in [6.45, 7) is 0. The van der Waals surface area contributed by atoms with Gasteiger partial charge in [-0.2, -0.15) is 13.2 Å². The van der Waals surface area contributed by atoms with Crippen molar-refractivity contribution in [3.63, 3.8) is 0 Å². The number of halogens is 3. The molecule has 0 radical (unpaired) electrons. The molecule has 0 bridgehead atoms. The number of alkyl halides is 3. The molecule has 0 spiro atoms. The van der Waals surface area contributed by atoms with E-state index in [0.29, 0.717) is 0 Å². The van der Waals surface area contributed by atoms with Gasteiger partial charge < -0.3 is 0 Å². The molecule has 0 aliphatic heterocycles. The highest BCUT2D eigenvalue weighted by molar-refractivity contribution is 5.74. The van der Waals surface area contributed by atoms with Crippen molar-refractivity contribution in [3.8, 4) is 0 Å². The molecule has 6 heteroatoms. The number of carbonyl (C=O) groups excluding carboxylic acids is 1. The average Bonchev–Trinajstić information content (AvgIpc) is 2.62. The SMILES string of the molecule is O=C(CCC(F)(F)F)NOC1CCCC1. The van der Waals surface area contributed by atoms with Crippen molar-refractivity contribution in [1.82, 2.24) is 5.48 Å². The lowest BCUT2D eigenvalue weighted by Gasteiger charge is -2.11. The van der Waals surface area contributed by atoms with Gasteiger partial charge in [-0.3, -0.25) is 9.63 Å². The second-order valence-corrected chi connectivity index (χ2v) is 3.66. The van der Waals surface area contributed by atoms with Crippen molar-refractivity contribution < 1.29 is 22.8 Å². The monoisotopic (exact) mass is 225 g/mol. The largest absolute Gasteiger partial charge is 0.389 e. The summed E-state index contributed by atoms with van der Waals surface area (Å²) in [6.07, 6.45) is -2.18. The molecule has 1 aliphatic carbocycles. The van der Waals surface area contributed by atoms with Gasteiger partial charge in [0.25, 0.3) is 0 Å². The first-order valence-corrected chi connectivity index (χ1v) is 4.98. The van der Waals surface area contributed by atoms with Crippen LogP contribution in [0.3, 0.4) is 0 Å². The van der Waals surface area contributed by atoms with Crippen LogP contribution in [0.15, 0.2) is 0 Å². The lowest BCUT2D eigenvalue weighted by molar-refractivity contribution is -0.152. The maximum absolute atomic E-state index is 11.7. The number of hydrogen-bond acceptors (Lipinski definition) is 2. The van der Waals surface area contributed by atoms with E-state index in [4.69, 9.17) is 4.84 Å². The van der Waals surface area contributed by atoms with Crippen LogP contribution in [0.1, 0.15) is 38.5 Å². The van der Waals surface area contributed by atoms with Crippen LogP contribution in [0.25, 0.3) is 0 Å². The molecule has 1 rings (SSSR count). The number of nitrogens with one attached hydrogen (secondary N) is 1. The average molecular weight is 225 g/mol. The summed E-state index contributed by atoms with van der Waals surface area (Å²) in [7, 11) is 0. The highest BCUT2D eigenvalue weighted by atomic mass is 19.4. The number of hydrogen-bond donors (Lipinski definition) is 1. The normalized spacial score (nSPS) is 18.1.